The SMILES string of the molecule is COc1ccc(NC(=O)NCC(C)(O)c2ccc(F)cc2)cc1C. The van der Waals surface area contributed by atoms with Crippen LogP contribution >= 0.6 is 0 Å². The number of hydrogen-bond acceptors (Lipinski definition) is 3. The Bertz CT molecular complexity index is 715. The molecule has 0 spiro atoms. The number of carbonyl (C=O) groups is 1. The highest BCUT2D eigenvalue weighted by molar-refractivity contribution is 5.89. The fraction of sp³-hybridized carbons (Fsp3) is 0.278. The number of nitrogens with one attached hydrogen (secondary N) is 2. The third-order valence-corrected chi connectivity index (χ3v) is 3.71. The standard InChI is InChI=1S/C18H21FN2O3/c1-12-10-15(8-9-16(12)24-3)21-17(22)20-11-18(2,23)13-4-6-14(19)7-5-13/h4-10,23H,11H2,1-3H3,(H2,20,21,22). The largest absolute Gasteiger partial charge is 0.496 e. The van der Waals surface area contributed by atoms with E-state index in [-0.39, 0.29) is 12.4 Å². The number of rotatable bonds is 5. The van der Waals surface area contributed by atoms with E-state index >= 15 is 0 Å². The highest BCUT2D eigenvalue weighted by Gasteiger charge is 2.23. The van der Waals surface area contributed by atoms with Gasteiger partial charge in [0.2, 0.25) is 0 Å². The zero-order chi connectivity index (χ0) is 17.7. The second kappa shape index (κ2) is 7.31. The van der Waals surface area contributed by atoms with Crippen molar-refractivity contribution in [1.82, 2.24) is 5.32 Å². The Hall–Kier alpha value is -2.60. The molecule has 128 valence electrons. The first-order valence-corrected chi connectivity index (χ1v) is 7.50. The predicted molar refractivity (Wildman–Crippen MR) is 90.7 cm³/mol. The quantitative estimate of drug-likeness (QED) is 0.787. The van der Waals surface area contributed by atoms with Crippen LogP contribution in [0.2, 0.25) is 0 Å². The van der Waals surface area contributed by atoms with E-state index in [0.29, 0.717) is 11.3 Å². The molecule has 2 aromatic carbocycles. The van der Waals surface area contributed by atoms with Crippen molar-refractivity contribution in [3.05, 3.63) is 59.4 Å². The number of benzene rings is 2. The number of aryl methyl sites for hydroxylation is 1. The molecule has 1 atom stereocenters. The summed E-state index contributed by atoms with van der Waals surface area (Å²) in [6.45, 7) is 3.42. The van der Waals surface area contributed by atoms with Gasteiger partial charge in [-0.05, 0) is 55.3 Å². The number of hydrogen-bond donors (Lipinski definition) is 3. The fourth-order valence-corrected chi connectivity index (χ4v) is 2.29. The fourth-order valence-electron chi connectivity index (χ4n) is 2.29. The second-order valence-corrected chi connectivity index (χ2v) is 5.77. The summed E-state index contributed by atoms with van der Waals surface area (Å²) in [5.41, 5.74) is 0.728. The van der Waals surface area contributed by atoms with E-state index in [9.17, 15) is 14.3 Å². The average Bonchev–Trinajstić information content (AvgIpc) is 2.54. The van der Waals surface area contributed by atoms with Gasteiger partial charge < -0.3 is 20.5 Å². The van der Waals surface area contributed by atoms with Gasteiger partial charge in [0.25, 0.3) is 0 Å². The van der Waals surface area contributed by atoms with E-state index < -0.39 is 11.6 Å². The minimum absolute atomic E-state index is 0.0143. The minimum atomic E-state index is -1.30. The lowest BCUT2D eigenvalue weighted by Crippen LogP contribution is -2.40. The molecule has 0 aliphatic heterocycles. The minimum Gasteiger partial charge on any atom is -0.496 e. The lowest BCUT2D eigenvalue weighted by molar-refractivity contribution is 0.0599. The van der Waals surface area contributed by atoms with Gasteiger partial charge in [-0.2, -0.15) is 0 Å². The van der Waals surface area contributed by atoms with Gasteiger partial charge in [-0.15, -0.1) is 0 Å². The zero-order valence-corrected chi connectivity index (χ0v) is 13.9. The van der Waals surface area contributed by atoms with Crippen molar-refractivity contribution in [1.29, 1.82) is 0 Å². The molecule has 1 unspecified atom stereocenters. The topological polar surface area (TPSA) is 70.6 Å². The van der Waals surface area contributed by atoms with Gasteiger partial charge in [0.05, 0.1) is 13.7 Å². The molecule has 0 aromatic heterocycles. The predicted octanol–water partition coefficient (Wildman–Crippen LogP) is 3.17. The molecule has 6 heteroatoms. The normalized spacial score (nSPS) is 13.0. The van der Waals surface area contributed by atoms with Crippen molar-refractivity contribution in [2.75, 3.05) is 19.0 Å². The molecule has 0 bridgehead atoms. The molecule has 0 heterocycles. The molecule has 0 aliphatic carbocycles. The first-order valence-electron chi connectivity index (χ1n) is 7.50. The van der Waals surface area contributed by atoms with Crippen LogP contribution in [0.4, 0.5) is 14.9 Å². The third-order valence-electron chi connectivity index (χ3n) is 3.71. The van der Waals surface area contributed by atoms with Crippen LogP contribution in [-0.4, -0.2) is 24.8 Å². The summed E-state index contributed by atoms with van der Waals surface area (Å²) in [5.74, 6) is 0.357. The summed E-state index contributed by atoms with van der Waals surface area (Å²) < 4.78 is 18.1. The van der Waals surface area contributed by atoms with Crippen molar-refractivity contribution in [2.45, 2.75) is 19.4 Å². The van der Waals surface area contributed by atoms with Crippen molar-refractivity contribution in [3.8, 4) is 5.75 Å². The molecular formula is C18H21FN2O3. The average molecular weight is 332 g/mol. The van der Waals surface area contributed by atoms with E-state index in [1.165, 1.54) is 24.3 Å². The van der Waals surface area contributed by atoms with Gasteiger partial charge in [0, 0.05) is 5.69 Å². The van der Waals surface area contributed by atoms with Gasteiger partial charge in [-0.3, -0.25) is 0 Å². The number of carbonyl (C=O) groups excluding carboxylic acids is 1. The Kier molecular flexibility index (Phi) is 5.41. The molecular weight excluding hydrogens is 311 g/mol. The van der Waals surface area contributed by atoms with Crippen LogP contribution in [-0.2, 0) is 5.60 Å². The van der Waals surface area contributed by atoms with Gasteiger partial charge in [-0.25, -0.2) is 9.18 Å². The molecule has 3 N–H and O–H groups in total. The zero-order valence-electron chi connectivity index (χ0n) is 13.9. The van der Waals surface area contributed by atoms with Crippen LogP contribution in [0.3, 0.4) is 0 Å². The summed E-state index contributed by atoms with van der Waals surface area (Å²) in [5, 5.41) is 15.7. The van der Waals surface area contributed by atoms with Crippen molar-refractivity contribution in [3.63, 3.8) is 0 Å². The van der Waals surface area contributed by atoms with Gasteiger partial charge in [0.15, 0.2) is 0 Å². The van der Waals surface area contributed by atoms with Gasteiger partial charge in [-0.1, -0.05) is 12.1 Å². The lowest BCUT2D eigenvalue weighted by atomic mass is 9.96. The van der Waals surface area contributed by atoms with E-state index in [2.05, 4.69) is 10.6 Å². The van der Waals surface area contributed by atoms with Crippen LogP contribution in [0.5, 0.6) is 5.75 Å². The molecule has 24 heavy (non-hydrogen) atoms. The second-order valence-electron chi connectivity index (χ2n) is 5.77. The summed E-state index contributed by atoms with van der Waals surface area (Å²) in [6, 6.07) is 10.3. The Morgan fingerprint density at radius 2 is 1.92 bits per heavy atom. The third kappa shape index (κ3) is 4.45. The first-order chi connectivity index (χ1) is 11.3. The molecule has 2 rings (SSSR count). The van der Waals surface area contributed by atoms with Crippen LogP contribution in [0.15, 0.2) is 42.5 Å². The van der Waals surface area contributed by atoms with E-state index in [1.54, 1.807) is 32.2 Å². The molecule has 0 fully saturated rings. The first kappa shape index (κ1) is 17.7. The molecule has 2 amide bonds. The number of ether oxygens (including phenoxy) is 1. The summed E-state index contributed by atoms with van der Waals surface area (Å²) in [6.07, 6.45) is 0. The van der Waals surface area contributed by atoms with E-state index in [0.717, 1.165) is 11.3 Å². The van der Waals surface area contributed by atoms with Crippen molar-refractivity contribution < 1.29 is 19.0 Å². The highest BCUT2D eigenvalue weighted by Crippen LogP contribution is 2.22. The molecule has 2 aromatic rings. The molecule has 0 saturated heterocycles. The number of urea groups is 1. The highest BCUT2D eigenvalue weighted by atomic mass is 19.1. The molecule has 0 aliphatic rings. The smallest absolute Gasteiger partial charge is 0.319 e. The van der Waals surface area contributed by atoms with Gasteiger partial charge in [0.1, 0.15) is 17.2 Å². The van der Waals surface area contributed by atoms with Gasteiger partial charge >= 0.3 is 6.03 Å². The molecule has 0 saturated carbocycles. The maximum absolute atomic E-state index is 12.9. The summed E-state index contributed by atoms with van der Waals surface area (Å²) >= 11 is 0. The van der Waals surface area contributed by atoms with Crippen molar-refractivity contribution in [2.24, 2.45) is 0 Å². The van der Waals surface area contributed by atoms with Crippen LogP contribution < -0.4 is 15.4 Å². The monoisotopic (exact) mass is 332 g/mol. The Labute approximate surface area is 140 Å². The summed E-state index contributed by atoms with van der Waals surface area (Å²) in [7, 11) is 1.58. The maximum Gasteiger partial charge on any atom is 0.319 e. The Morgan fingerprint density at radius 1 is 1.25 bits per heavy atom. The number of methoxy groups -OCH3 is 1. The summed E-state index contributed by atoms with van der Waals surface area (Å²) in [4.78, 5) is 12.0. The van der Waals surface area contributed by atoms with Crippen LogP contribution in [0, 0.1) is 12.7 Å². The number of aliphatic hydroxyl groups is 1. The van der Waals surface area contributed by atoms with E-state index in [4.69, 9.17) is 4.74 Å². The maximum atomic E-state index is 12.9. The van der Waals surface area contributed by atoms with Crippen LogP contribution in [0.25, 0.3) is 0 Å². The molecule has 0 radical (unpaired) electrons. The number of anilines is 1. The lowest BCUT2D eigenvalue weighted by Gasteiger charge is -2.24. The van der Waals surface area contributed by atoms with E-state index in [1.807, 2.05) is 6.92 Å². The molecule has 5 nitrogen and oxygen atoms in total. The van der Waals surface area contributed by atoms with Crippen molar-refractivity contribution >= 4 is 11.7 Å². The Balaban J connectivity index is 1.95. The number of amides is 2. The number of halogens is 1. The Morgan fingerprint density at radius 3 is 2.50 bits per heavy atom. The van der Waals surface area contributed by atoms with Crippen LogP contribution in [0.1, 0.15) is 18.1 Å².